The van der Waals surface area contributed by atoms with Crippen LogP contribution >= 0.6 is 0 Å². The Morgan fingerprint density at radius 3 is 2.40 bits per heavy atom. The van der Waals surface area contributed by atoms with E-state index in [2.05, 4.69) is 0 Å². The van der Waals surface area contributed by atoms with Crippen LogP contribution in [0.2, 0.25) is 0 Å². The van der Waals surface area contributed by atoms with Gasteiger partial charge in [0.15, 0.2) is 0 Å². The second-order valence-electron chi connectivity index (χ2n) is 6.21. The summed E-state index contributed by atoms with van der Waals surface area (Å²) in [6.07, 6.45) is 4.54. The van der Waals surface area contributed by atoms with Gasteiger partial charge in [0, 0.05) is 25.2 Å². The van der Waals surface area contributed by atoms with Crippen molar-refractivity contribution in [1.82, 2.24) is 4.90 Å². The molecule has 1 aliphatic carbocycles. The molecule has 1 saturated heterocycles. The third-order valence-corrected chi connectivity index (χ3v) is 5.27. The normalized spacial score (nSPS) is 23.8. The molecule has 1 fully saturated rings. The molecule has 1 aromatic rings. The zero-order valence-corrected chi connectivity index (χ0v) is 14.4. The van der Waals surface area contributed by atoms with Gasteiger partial charge in [-0.05, 0) is 37.1 Å². The lowest BCUT2D eigenvalue weighted by Crippen LogP contribution is -2.47. The van der Waals surface area contributed by atoms with Crippen molar-refractivity contribution < 1.29 is 23.1 Å². The number of allylic oxidation sites excluding steroid dienone is 1. The zero-order valence-electron chi connectivity index (χ0n) is 13.6. The molecule has 25 heavy (non-hydrogen) atoms. The van der Waals surface area contributed by atoms with E-state index < -0.39 is 21.6 Å². The molecule has 3 rings (SSSR count). The smallest absolute Gasteiger partial charge is 0.352 e. The molecule has 7 nitrogen and oxygen atoms in total. The topological polar surface area (TPSA) is 110 Å². The number of hydrogen-bond acceptors (Lipinski definition) is 5. The van der Waals surface area contributed by atoms with E-state index in [9.17, 15) is 18.3 Å². The molecule has 0 radical (unpaired) electrons. The van der Waals surface area contributed by atoms with Gasteiger partial charge in [-0.1, -0.05) is 18.2 Å². The fraction of sp³-hybridized carbons (Fsp3) is 0.353. The van der Waals surface area contributed by atoms with E-state index >= 15 is 0 Å². The van der Waals surface area contributed by atoms with E-state index in [0.717, 1.165) is 32.0 Å². The Bertz CT molecular complexity index is 826. The maximum Gasteiger partial charge on any atom is 0.352 e. The van der Waals surface area contributed by atoms with Crippen molar-refractivity contribution in [1.29, 1.82) is 0 Å². The third-order valence-electron chi connectivity index (χ3n) is 4.37. The lowest BCUT2D eigenvalue weighted by Gasteiger charge is -2.35. The molecule has 1 heterocycles. The van der Waals surface area contributed by atoms with Crippen LogP contribution in [0.5, 0.6) is 5.75 Å². The highest BCUT2D eigenvalue weighted by atomic mass is 32.2. The second-order valence-corrected chi connectivity index (χ2v) is 7.77. The van der Waals surface area contributed by atoms with E-state index in [-0.39, 0.29) is 11.3 Å². The molecule has 8 heteroatoms. The Morgan fingerprint density at radius 2 is 1.84 bits per heavy atom. The molecule has 2 aliphatic rings. The Hall–Kier alpha value is -2.32. The Morgan fingerprint density at radius 1 is 1.20 bits per heavy atom. The zero-order chi connectivity index (χ0) is 18.1. The summed E-state index contributed by atoms with van der Waals surface area (Å²) in [6.45, 7) is 1.51. The fourth-order valence-corrected chi connectivity index (χ4v) is 3.78. The number of carboxylic acid groups (broad SMARTS) is 1. The molecule has 0 saturated carbocycles. The number of carbonyl (C=O) groups is 1. The van der Waals surface area contributed by atoms with Crippen molar-refractivity contribution in [2.45, 2.75) is 24.9 Å². The van der Waals surface area contributed by atoms with E-state index in [4.69, 9.17) is 9.88 Å². The number of nitrogens with zero attached hydrogens (tertiary/aromatic N) is 1. The van der Waals surface area contributed by atoms with Gasteiger partial charge in [0.25, 0.3) is 0 Å². The van der Waals surface area contributed by atoms with Crippen molar-refractivity contribution >= 4 is 16.0 Å². The first-order chi connectivity index (χ1) is 11.8. The minimum absolute atomic E-state index is 0.0379. The number of benzene rings is 1. The van der Waals surface area contributed by atoms with Crippen LogP contribution < -0.4 is 9.88 Å². The SMILES string of the molecule is NS(=O)(=O)C1=CC(Oc2ccccc2)(C(=O)O)CC(N2CCCC2)=C1. The van der Waals surface area contributed by atoms with Gasteiger partial charge in [-0.2, -0.15) is 0 Å². The monoisotopic (exact) mass is 364 g/mol. The van der Waals surface area contributed by atoms with Crippen LogP contribution in [0.15, 0.2) is 53.1 Å². The largest absolute Gasteiger partial charge is 0.478 e. The number of nitrogens with two attached hydrogens (primary N) is 1. The lowest BCUT2D eigenvalue weighted by atomic mass is 9.92. The molecule has 1 atom stereocenters. The minimum Gasteiger partial charge on any atom is -0.478 e. The van der Waals surface area contributed by atoms with Crippen LogP contribution in [0.3, 0.4) is 0 Å². The standard InChI is InChI=1S/C17H20N2O5S/c18-25(22,23)15-10-13(19-8-4-5-9-19)11-17(12-15,16(20)21)24-14-6-2-1-3-7-14/h1-3,6-7,10,12H,4-5,8-9,11H2,(H,20,21)(H2,18,22,23). The molecule has 1 aliphatic heterocycles. The van der Waals surface area contributed by atoms with Gasteiger partial charge in [-0.25, -0.2) is 18.4 Å². The van der Waals surface area contributed by atoms with Crippen LogP contribution in [0.4, 0.5) is 0 Å². The lowest BCUT2D eigenvalue weighted by molar-refractivity contribution is -0.151. The van der Waals surface area contributed by atoms with E-state index in [1.165, 1.54) is 6.08 Å². The maximum atomic E-state index is 12.1. The first kappa shape index (κ1) is 17.5. The Balaban J connectivity index is 2.06. The van der Waals surface area contributed by atoms with Crippen molar-refractivity contribution in [3.8, 4) is 5.75 Å². The molecular formula is C17H20N2O5S. The molecule has 134 valence electrons. The number of sulfonamides is 1. The predicted molar refractivity (Wildman–Crippen MR) is 92.1 cm³/mol. The molecule has 0 spiro atoms. The van der Waals surface area contributed by atoms with Crippen LogP contribution in [0.1, 0.15) is 19.3 Å². The number of rotatable bonds is 5. The average molecular weight is 364 g/mol. The second kappa shape index (κ2) is 6.53. The Labute approximate surface area is 146 Å². The van der Waals surface area contributed by atoms with Gasteiger partial charge in [0.1, 0.15) is 5.75 Å². The summed E-state index contributed by atoms with van der Waals surface area (Å²) in [5.74, 6) is -0.917. The van der Waals surface area contributed by atoms with Crippen molar-refractivity contribution in [2.75, 3.05) is 13.1 Å². The third kappa shape index (κ3) is 3.69. The predicted octanol–water partition coefficient (Wildman–Crippen LogP) is 1.44. The van der Waals surface area contributed by atoms with Gasteiger partial charge in [0.05, 0.1) is 4.91 Å². The van der Waals surface area contributed by atoms with Crippen LogP contribution in [0, 0.1) is 0 Å². The summed E-state index contributed by atoms with van der Waals surface area (Å²) in [7, 11) is -4.07. The van der Waals surface area contributed by atoms with Crippen LogP contribution in [-0.4, -0.2) is 43.1 Å². The summed E-state index contributed by atoms with van der Waals surface area (Å²) < 4.78 is 29.6. The number of aliphatic carboxylic acids is 1. The average Bonchev–Trinajstić information content (AvgIpc) is 3.09. The first-order valence-electron chi connectivity index (χ1n) is 7.99. The Kier molecular flexibility index (Phi) is 4.57. The van der Waals surface area contributed by atoms with Gasteiger partial charge in [-0.3, -0.25) is 0 Å². The summed E-state index contributed by atoms with van der Waals surface area (Å²) >= 11 is 0. The molecule has 0 bridgehead atoms. The van der Waals surface area contributed by atoms with Gasteiger partial charge in [-0.15, -0.1) is 0 Å². The van der Waals surface area contributed by atoms with Gasteiger partial charge in [0.2, 0.25) is 15.6 Å². The highest BCUT2D eigenvalue weighted by Gasteiger charge is 2.45. The summed E-state index contributed by atoms with van der Waals surface area (Å²) in [5, 5.41) is 15.1. The van der Waals surface area contributed by atoms with Crippen molar-refractivity contribution in [3.05, 3.63) is 53.1 Å². The number of likely N-dealkylation sites (tertiary alicyclic amines) is 1. The molecule has 1 unspecified atom stereocenters. The number of para-hydroxylation sites is 1. The van der Waals surface area contributed by atoms with Crippen molar-refractivity contribution in [2.24, 2.45) is 5.14 Å². The van der Waals surface area contributed by atoms with Gasteiger partial charge < -0.3 is 14.7 Å². The summed E-state index contributed by atoms with van der Waals surface area (Å²) in [6, 6.07) is 8.47. The number of primary sulfonamides is 1. The number of hydrogen-bond donors (Lipinski definition) is 2. The highest BCUT2D eigenvalue weighted by molar-refractivity contribution is 7.93. The molecule has 0 amide bonds. The minimum atomic E-state index is -4.07. The van der Waals surface area contributed by atoms with Gasteiger partial charge >= 0.3 is 5.97 Å². The first-order valence-corrected chi connectivity index (χ1v) is 9.53. The summed E-state index contributed by atoms with van der Waals surface area (Å²) in [4.78, 5) is 13.8. The van der Waals surface area contributed by atoms with Crippen LogP contribution in [0.25, 0.3) is 0 Å². The number of ether oxygens (including phenoxy) is 1. The molecule has 1 aromatic carbocycles. The van der Waals surface area contributed by atoms with E-state index in [0.29, 0.717) is 11.4 Å². The molecular weight excluding hydrogens is 344 g/mol. The van der Waals surface area contributed by atoms with Crippen LogP contribution in [-0.2, 0) is 14.8 Å². The summed E-state index contributed by atoms with van der Waals surface area (Å²) in [5.41, 5.74) is -1.21. The molecule has 0 aromatic heterocycles. The van der Waals surface area contributed by atoms with E-state index in [1.54, 1.807) is 30.3 Å². The number of carboxylic acids is 1. The fourth-order valence-electron chi connectivity index (χ4n) is 3.12. The van der Waals surface area contributed by atoms with Crippen molar-refractivity contribution in [3.63, 3.8) is 0 Å². The quantitative estimate of drug-likeness (QED) is 0.818. The highest BCUT2D eigenvalue weighted by Crippen LogP contribution is 2.35. The van der Waals surface area contributed by atoms with E-state index in [1.807, 2.05) is 4.90 Å². The molecule has 3 N–H and O–H groups in total. The maximum absolute atomic E-state index is 12.1.